The van der Waals surface area contributed by atoms with Crippen molar-refractivity contribution in [1.82, 2.24) is 14.3 Å². The molecule has 1 amide bonds. The van der Waals surface area contributed by atoms with Crippen molar-refractivity contribution in [2.24, 2.45) is 0 Å². The molecule has 0 radical (unpaired) electrons. The molecule has 108 valence electrons. The van der Waals surface area contributed by atoms with Crippen LogP contribution in [0.5, 0.6) is 0 Å². The molecule has 0 atom stereocenters. The number of rotatable bonds is 3. The van der Waals surface area contributed by atoms with Crippen LogP contribution in [0.3, 0.4) is 0 Å². The summed E-state index contributed by atoms with van der Waals surface area (Å²) >= 11 is 5.81. The van der Waals surface area contributed by atoms with Gasteiger partial charge in [-0.15, -0.1) is 0 Å². The van der Waals surface area contributed by atoms with E-state index in [0.29, 0.717) is 16.5 Å². The van der Waals surface area contributed by atoms with Gasteiger partial charge in [0.1, 0.15) is 6.54 Å². The quantitative estimate of drug-likeness (QED) is 0.855. The van der Waals surface area contributed by atoms with Gasteiger partial charge in [0.15, 0.2) is 11.6 Å². The fraction of sp³-hybridized carbons (Fsp3) is 0.231. The van der Waals surface area contributed by atoms with Crippen LogP contribution in [0.2, 0.25) is 5.02 Å². The van der Waals surface area contributed by atoms with Crippen LogP contribution in [0.1, 0.15) is 12.7 Å². The van der Waals surface area contributed by atoms with Crippen molar-refractivity contribution in [3.05, 3.63) is 45.6 Å². The topological polar surface area (TPSA) is 77.2 Å². The Balaban J connectivity index is 1.95. The lowest BCUT2D eigenvalue weighted by atomic mass is 10.3. The minimum Gasteiger partial charge on any atom is -0.298 e. The Labute approximate surface area is 124 Å². The van der Waals surface area contributed by atoms with Crippen LogP contribution in [0.15, 0.2) is 29.1 Å². The van der Waals surface area contributed by atoms with E-state index in [-0.39, 0.29) is 18.9 Å². The zero-order valence-electron chi connectivity index (χ0n) is 11.1. The second kappa shape index (κ2) is 4.85. The standard InChI is InChI=1S/C13H11ClN4O3/c1-8(19)6-17-13(21)18-11(15-17)7-16(12(18)20)10-4-2-9(14)3-5-10/h2-5H,6-7H2,1H3. The van der Waals surface area contributed by atoms with E-state index in [1.54, 1.807) is 24.3 Å². The van der Waals surface area contributed by atoms with Crippen molar-refractivity contribution in [2.75, 3.05) is 4.90 Å². The summed E-state index contributed by atoms with van der Waals surface area (Å²) in [4.78, 5) is 36.9. The number of aromatic nitrogens is 3. The fourth-order valence-corrected chi connectivity index (χ4v) is 2.34. The number of anilines is 1. The van der Waals surface area contributed by atoms with Crippen LogP contribution in [-0.4, -0.2) is 26.2 Å². The molecule has 1 aromatic heterocycles. The minimum atomic E-state index is -0.596. The van der Waals surface area contributed by atoms with Gasteiger partial charge in [-0.25, -0.2) is 14.3 Å². The average Bonchev–Trinajstić information content (AvgIpc) is 2.89. The largest absolute Gasteiger partial charge is 0.354 e. The number of carbonyl (C=O) groups excluding carboxylic acids is 2. The number of carbonyl (C=O) groups is 2. The number of Topliss-reactive ketones (excluding diaryl/α,β-unsaturated/α-hetero) is 1. The Morgan fingerprint density at radius 3 is 2.52 bits per heavy atom. The molecule has 8 heteroatoms. The molecule has 7 nitrogen and oxygen atoms in total. The van der Waals surface area contributed by atoms with Gasteiger partial charge >= 0.3 is 11.7 Å². The van der Waals surface area contributed by atoms with E-state index in [0.717, 1.165) is 9.25 Å². The molecule has 21 heavy (non-hydrogen) atoms. The van der Waals surface area contributed by atoms with Gasteiger partial charge < -0.3 is 0 Å². The Morgan fingerprint density at radius 2 is 1.95 bits per heavy atom. The summed E-state index contributed by atoms with van der Waals surface area (Å²) in [5, 5.41) is 4.59. The Hall–Kier alpha value is -2.41. The van der Waals surface area contributed by atoms with Crippen LogP contribution in [0, 0.1) is 0 Å². The number of hydrogen-bond acceptors (Lipinski definition) is 4. The number of ketones is 1. The number of amides is 1. The highest BCUT2D eigenvalue weighted by Gasteiger charge is 2.33. The molecule has 3 rings (SSSR count). The number of fused-ring (bicyclic) bond motifs is 1. The highest BCUT2D eigenvalue weighted by Crippen LogP contribution is 2.23. The van der Waals surface area contributed by atoms with Crippen LogP contribution in [0.4, 0.5) is 10.5 Å². The number of hydrogen-bond donors (Lipinski definition) is 0. The molecule has 0 spiro atoms. The van der Waals surface area contributed by atoms with Gasteiger partial charge in [0.2, 0.25) is 0 Å². The average molecular weight is 307 g/mol. The summed E-state index contributed by atoms with van der Waals surface area (Å²) in [6.07, 6.45) is 0. The second-order valence-corrected chi connectivity index (χ2v) is 5.18. The van der Waals surface area contributed by atoms with Crippen LogP contribution < -0.4 is 10.6 Å². The number of nitrogens with zero attached hydrogens (tertiary/aromatic N) is 4. The van der Waals surface area contributed by atoms with Gasteiger partial charge in [-0.2, -0.15) is 9.67 Å². The Morgan fingerprint density at radius 1 is 1.29 bits per heavy atom. The lowest BCUT2D eigenvalue weighted by molar-refractivity contribution is -0.117. The van der Waals surface area contributed by atoms with E-state index in [2.05, 4.69) is 5.10 Å². The molecule has 0 unspecified atom stereocenters. The van der Waals surface area contributed by atoms with E-state index >= 15 is 0 Å². The predicted octanol–water partition coefficient (Wildman–Crippen LogP) is 1.28. The molecular weight excluding hydrogens is 296 g/mol. The highest BCUT2D eigenvalue weighted by atomic mass is 35.5. The third kappa shape index (κ3) is 2.25. The normalized spacial score (nSPS) is 13.6. The van der Waals surface area contributed by atoms with Gasteiger partial charge in [-0.3, -0.25) is 9.69 Å². The highest BCUT2D eigenvalue weighted by molar-refractivity contribution is 6.30. The smallest absolute Gasteiger partial charge is 0.298 e. The molecule has 0 fully saturated rings. The number of halogens is 1. The summed E-state index contributed by atoms with van der Waals surface area (Å²) in [5.41, 5.74) is 0.0362. The predicted molar refractivity (Wildman–Crippen MR) is 75.6 cm³/mol. The molecule has 2 aromatic rings. The molecule has 1 aliphatic heterocycles. The lowest BCUT2D eigenvalue weighted by Crippen LogP contribution is -2.35. The first-order valence-electron chi connectivity index (χ1n) is 6.23. The van der Waals surface area contributed by atoms with Crippen molar-refractivity contribution >= 4 is 29.1 Å². The summed E-state index contributed by atoms with van der Waals surface area (Å²) in [6, 6.07) is 6.24. The molecule has 0 aliphatic carbocycles. The molecule has 1 aromatic carbocycles. The maximum Gasteiger partial charge on any atom is 0.354 e. The summed E-state index contributed by atoms with van der Waals surface area (Å²) in [5.74, 6) is 0.122. The SMILES string of the molecule is CC(=O)Cn1nc2n(c1=O)C(=O)N(c1ccc(Cl)cc1)C2. The lowest BCUT2D eigenvalue weighted by Gasteiger charge is -2.14. The minimum absolute atomic E-state index is 0.132. The first-order chi connectivity index (χ1) is 9.97. The van der Waals surface area contributed by atoms with E-state index < -0.39 is 11.7 Å². The maximum absolute atomic E-state index is 12.3. The van der Waals surface area contributed by atoms with Crippen molar-refractivity contribution in [3.63, 3.8) is 0 Å². The van der Waals surface area contributed by atoms with Gasteiger partial charge in [-0.1, -0.05) is 11.6 Å². The Kier molecular flexibility index (Phi) is 3.13. The van der Waals surface area contributed by atoms with E-state index in [1.165, 1.54) is 11.8 Å². The molecule has 2 heterocycles. The summed E-state index contributed by atoms with van der Waals surface area (Å²) < 4.78 is 1.99. The van der Waals surface area contributed by atoms with Crippen molar-refractivity contribution < 1.29 is 9.59 Å². The first-order valence-corrected chi connectivity index (χ1v) is 6.61. The molecule has 0 saturated heterocycles. The van der Waals surface area contributed by atoms with E-state index in [9.17, 15) is 14.4 Å². The monoisotopic (exact) mass is 306 g/mol. The van der Waals surface area contributed by atoms with Gasteiger partial charge in [-0.05, 0) is 31.2 Å². The fourth-order valence-electron chi connectivity index (χ4n) is 2.21. The van der Waals surface area contributed by atoms with Gasteiger partial charge in [0.05, 0.1) is 6.54 Å². The second-order valence-electron chi connectivity index (χ2n) is 4.74. The van der Waals surface area contributed by atoms with Crippen LogP contribution >= 0.6 is 11.6 Å². The van der Waals surface area contributed by atoms with Crippen LogP contribution in [0.25, 0.3) is 0 Å². The van der Waals surface area contributed by atoms with E-state index in [4.69, 9.17) is 11.6 Å². The zero-order chi connectivity index (χ0) is 15.1. The van der Waals surface area contributed by atoms with Crippen molar-refractivity contribution in [2.45, 2.75) is 20.0 Å². The third-order valence-corrected chi connectivity index (χ3v) is 3.39. The first kappa shape index (κ1) is 13.6. The van der Waals surface area contributed by atoms with Crippen molar-refractivity contribution in [1.29, 1.82) is 0 Å². The molecule has 0 saturated carbocycles. The Bertz CT molecular complexity index is 791. The summed E-state index contributed by atoms with van der Waals surface area (Å²) in [6.45, 7) is 1.41. The molecule has 0 N–H and O–H groups in total. The van der Waals surface area contributed by atoms with Gasteiger partial charge in [0.25, 0.3) is 0 Å². The third-order valence-electron chi connectivity index (χ3n) is 3.14. The van der Waals surface area contributed by atoms with Gasteiger partial charge in [0, 0.05) is 10.7 Å². The maximum atomic E-state index is 12.3. The number of benzene rings is 1. The molecule has 0 bridgehead atoms. The zero-order valence-corrected chi connectivity index (χ0v) is 11.9. The molecule has 1 aliphatic rings. The van der Waals surface area contributed by atoms with E-state index in [1.807, 2.05) is 0 Å². The van der Waals surface area contributed by atoms with Crippen molar-refractivity contribution in [3.8, 4) is 0 Å². The van der Waals surface area contributed by atoms with Crippen LogP contribution in [-0.2, 0) is 17.9 Å². The summed E-state index contributed by atoms with van der Waals surface area (Å²) in [7, 11) is 0. The molecular formula is C13H11ClN4O3.